The number of carbonyl (C=O) groups is 1. The average molecular weight is 156 g/mol. The summed E-state index contributed by atoms with van der Waals surface area (Å²) in [6, 6.07) is 0.865. The van der Waals surface area contributed by atoms with E-state index in [4.69, 9.17) is 5.11 Å². The SMILES string of the molecule is O=COc1cc(=O)c(O)co1. The highest BCUT2D eigenvalue weighted by Crippen LogP contribution is 2.09. The molecule has 0 aliphatic rings. The summed E-state index contributed by atoms with van der Waals surface area (Å²) in [4.78, 5) is 20.3. The molecule has 1 heterocycles. The lowest BCUT2D eigenvalue weighted by Crippen LogP contribution is -1.99. The van der Waals surface area contributed by atoms with Crippen molar-refractivity contribution in [3.05, 3.63) is 22.6 Å². The minimum atomic E-state index is -0.659. The van der Waals surface area contributed by atoms with Crippen molar-refractivity contribution in [1.82, 2.24) is 0 Å². The standard InChI is InChI=1S/C6H4O5/c7-3-11-6-1-4(8)5(9)2-10-6/h1-3,9H. The van der Waals surface area contributed by atoms with Gasteiger partial charge in [-0.2, -0.15) is 0 Å². The maximum atomic E-state index is 10.6. The van der Waals surface area contributed by atoms with Gasteiger partial charge in [-0.3, -0.25) is 9.59 Å². The third-order valence-corrected chi connectivity index (χ3v) is 0.952. The van der Waals surface area contributed by atoms with E-state index >= 15 is 0 Å². The molecule has 0 bridgehead atoms. The molecule has 0 saturated heterocycles. The Hall–Kier alpha value is -1.78. The fraction of sp³-hybridized carbons (Fsp3) is 0. The number of carbonyl (C=O) groups excluding carboxylic acids is 1. The van der Waals surface area contributed by atoms with Crippen LogP contribution >= 0.6 is 0 Å². The van der Waals surface area contributed by atoms with Gasteiger partial charge in [0.25, 0.3) is 5.95 Å². The number of rotatable bonds is 2. The zero-order chi connectivity index (χ0) is 8.27. The van der Waals surface area contributed by atoms with Crippen LogP contribution in [0.5, 0.6) is 11.7 Å². The average Bonchev–Trinajstić information content (AvgIpc) is 1.98. The van der Waals surface area contributed by atoms with Gasteiger partial charge in [0.15, 0.2) is 5.75 Å². The van der Waals surface area contributed by atoms with Gasteiger partial charge in [0, 0.05) is 0 Å². The van der Waals surface area contributed by atoms with E-state index in [1.54, 1.807) is 0 Å². The first-order valence-electron chi connectivity index (χ1n) is 2.66. The molecule has 1 aromatic heterocycles. The van der Waals surface area contributed by atoms with Crippen LogP contribution in [-0.4, -0.2) is 11.6 Å². The molecule has 5 heteroatoms. The molecule has 0 aliphatic carbocycles. The number of hydrogen-bond donors (Lipinski definition) is 1. The van der Waals surface area contributed by atoms with E-state index in [1.165, 1.54) is 0 Å². The van der Waals surface area contributed by atoms with Gasteiger partial charge in [0.1, 0.15) is 6.26 Å². The van der Waals surface area contributed by atoms with Crippen molar-refractivity contribution in [2.75, 3.05) is 0 Å². The summed E-state index contributed by atoms with van der Waals surface area (Å²) < 4.78 is 8.66. The second kappa shape index (κ2) is 2.87. The lowest BCUT2D eigenvalue weighted by molar-refractivity contribution is -0.121. The van der Waals surface area contributed by atoms with Gasteiger partial charge in [0.05, 0.1) is 6.07 Å². The molecule has 1 N–H and O–H groups in total. The highest BCUT2D eigenvalue weighted by atomic mass is 16.6. The molecular weight excluding hydrogens is 152 g/mol. The second-order valence-electron chi connectivity index (χ2n) is 1.66. The Bertz CT molecular complexity index is 313. The number of ether oxygens (including phenoxy) is 1. The zero-order valence-corrected chi connectivity index (χ0v) is 5.31. The molecule has 1 rings (SSSR count). The molecule has 0 fully saturated rings. The lowest BCUT2D eigenvalue weighted by Gasteiger charge is -1.93. The van der Waals surface area contributed by atoms with E-state index in [2.05, 4.69) is 9.15 Å². The van der Waals surface area contributed by atoms with E-state index in [1.807, 2.05) is 0 Å². The van der Waals surface area contributed by atoms with Crippen molar-refractivity contribution in [3.8, 4) is 11.7 Å². The Labute approximate surface area is 60.8 Å². The van der Waals surface area contributed by atoms with Gasteiger partial charge in [-0.15, -0.1) is 0 Å². The monoisotopic (exact) mass is 156 g/mol. The van der Waals surface area contributed by atoms with Crippen molar-refractivity contribution in [2.24, 2.45) is 0 Å². The van der Waals surface area contributed by atoms with Crippen LogP contribution in [0, 0.1) is 0 Å². The summed E-state index contributed by atoms with van der Waals surface area (Å²) >= 11 is 0. The van der Waals surface area contributed by atoms with Gasteiger partial charge >= 0.3 is 6.47 Å². The third-order valence-electron chi connectivity index (χ3n) is 0.952. The fourth-order valence-corrected chi connectivity index (χ4v) is 0.496. The minimum absolute atomic E-state index is 0.120. The van der Waals surface area contributed by atoms with Crippen molar-refractivity contribution in [2.45, 2.75) is 0 Å². The van der Waals surface area contributed by atoms with E-state index in [9.17, 15) is 9.59 Å². The number of hydrogen-bond acceptors (Lipinski definition) is 5. The minimum Gasteiger partial charge on any atom is -0.502 e. The molecule has 0 aliphatic heterocycles. The first-order chi connectivity index (χ1) is 5.24. The highest BCUT2D eigenvalue weighted by molar-refractivity contribution is 5.42. The summed E-state index contributed by atoms with van der Waals surface area (Å²) in [5, 5.41) is 8.66. The summed E-state index contributed by atoms with van der Waals surface area (Å²) in [6.07, 6.45) is 0.793. The summed E-state index contributed by atoms with van der Waals surface area (Å²) in [6.45, 7) is 0.120. The van der Waals surface area contributed by atoms with Crippen LogP contribution < -0.4 is 10.2 Å². The van der Waals surface area contributed by atoms with Crippen LogP contribution in [0.4, 0.5) is 0 Å². The normalized spacial score (nSPS) is 9.09. The van der Waals surface area contributed by atoms with Crippen LogP contribution in [0.1, 0.15) is 0 Å². The molecule has 0 unspecified atom stereocenters. The quantitative estimate of drug-likeness (QED) is 0.604. The maximum Gasteiger partial charge on any atom is 0.300 e. The fourth-order valence-electron chi connectivity index (χ4n) is 0.496. The second-order valence-corrected chi connectivity index (χ2v) is 1.66. The summed E-state index contributed by atoms with van der Waals surface area (Å²) in [5.41, 5.74) is -0.659. The first kappa shape index (κ1) is 7.33. The largest absolute Gasteiger partial charge is 0.502 e. The first-order valence-corrected chi connectivity index (χ1v) is 2.66. The molecule has 11 heavy (non-hydrogen) atoms. The van der Waals surface area contributed by atoms with E-state index < -0.39 is 11.2 Å². The predicted octanol–water partition coefficient (Wildman–Crippen LogP) is -0.119. The molecule has 1 aromatic rings. The Morgan fingerprint density at radius 2 is 2.36 bits per heavy atom. The van der Waals surface area contributed by atoms with E-state index in [-0.39, 0.29) is 12.4 Å². The molecule has 0 amide bonds. The van der Waals surface area contributed by atoms with E-state index in [0.29, 0.717) is 0 Å². The van der Waals surface area contributed by atoms with Gasteiger partial charge in [-0.1, -0.05) is 0 Å². The topological polar surface area (TPSA) is 76.7 Å². The van der Waals surface area contributed by atoms with Crippen molar-refractivity contribution in [1.29, 1.82) is 0 Å². The predicted molar refractivity (Wildman–Crippen MR) is 33.3 cm³/mol. The molecule has 0 saturated carbocycles. The molecule has 5 nitrogen and oxygen atoms in total. The van der Waals surface area contributed by atoms with Crippen LogP contribution in [0.15, 0.2) is 21.5 Å². The van der Waals surface area contributed by atoms with Gasteiger partial charge in [-0.25, -0.2) is 0 Å². The van der Waals surface area contributed by atoms with Crippen LogP contribution in [0.3, 0.4) is 0 Å². The summed E-state index contributed by atoms with van der Waals surface area (Å²) in [5.74, 6) is -0.772. The van der Waals surface area contributed by atoms with Crippen molar-refractivity contribution in [3.63, 3.8) is 0 Å². The van der Waals surface area contributed by atoms with Gasteiger partial charge in [-0.05, 0) is 0 Å². The number of aromatic hydroxyl groups is 1. The Kier molecular flexibility index (Phi) is 1.91. The molecule has 58 valence electrons. The molecule has 0 atom stereocenters. The van der Waals surface area contributed by atoms with Crippen LogP contribution in [0.2, 0.25) is 0 Å². The van der Waals surface area contributed by atoms with Crippen LogP contribution in [0.25, 0.3) is 0 Å². The Morgan fingerprint density at radius 1 is 1.64 bits per heavy atom. The van der Waals surface area contributed by atoms with Gasteiger partial charge < -0.3 is 14.3 Å². The Morgan fingerprint density at radius 3 is 2.91 bits per heavy atom. The lowest BCUT2D eigenvalue weighted by atomic mass is 10.5. The maximum absolute atomic E-state index is 10.6. The van der Waals surface area contributed by atoms with Crippen molar-refractivity contribution < 1.29 is 19.1 Å². The highest BCUT2D eigenvalue weighted by Gasteiger charge is 2.00. The molecule has 0 spiro atoms. The Balaban J connectivity index is 3.05. The summed E-state index contributed by atoms with van der Waals surface area (Å²) in [7, 11) is 0. The van der Waals surface area contributed by atoms with Gasteiger partial charge in [0.2, 0.25) is 5.43 Å². The molecule has 0 radical (unpaired) electrons. The third kappa shape index (κ3) is 1.57. The smallest absolute Gasteiger partial charge is 0.300 e. The zero-order valence-electron chi connectivity index (χ0n) is 5.31. The van der Waals surface area contributed by atoms with Crippen LogP contribution in [-0.2, 0) is 4.79 Å². The van der Waals surface area contributed by atoms with E-state index in [0.717, 1.165) is 12.3 Å². The molecular formula is C6H4O5. The van der Waals surface area contributed by atoms with Crippen molar-refractivity contribution >= 4 is 6.47 Å². The molecule has 0 aromatic carbocycles.